The molecule has 0 atom stereocenters. The highest BCUT2D eigenvalue weighted by molar-refractivity contribution is 7.90. The quantitative estimate of drug-likeness (QED) is 0.0563. The number of carbonyl (C=O) groups is 9. The molecule has 144 heavy (non-hydrogen) atoms. The van der Waals surface area contributed by atoms with Gasteiger partial charge >= 0.3 is 6.18 Å². The first-order valence-corrected chi connectivity index (χ1v) is 51.5. The SMILES string of the molecule is CC(C)(C)c1ccc(C(=O)N(NC(=O)c2ccc(Cl)cc2)S(=O)(=O)c2ccc(C(C)(C)C)cc2)cc1.Cc1ccc(C(=O)N(C(=O)c2ccc(Cl)cc2)N(C(=O)c2ccc(Cl)cc2)S(=O)(=O)c2ccc(C(C)(C)C)cc2)cc1.Cc1ccc(C(=O)N(NC(=O)c2ccc(Cl)cc2)S(=O)(=O)c2ccc(C(C)(C)C)cc2)cc1.Cc1ccc(C(=O)N(NC(=O)c2ccc(Cl)cc2)S(=O)(=O)c2ccc(C(F)(F)F)cc2)cc1. The first-order valence-electron chi connectivity index (χ1n) is 43.9. The van der Waals surface area contributed by atoms with E-state index in [-0.39, 0.29) is 95.2 Å². The summed E-state index contributed by atoms with van der Waals surface area (Å²) in [5, 5.41) is 2.16. The lowest BCUT2D eigenvalue weighted by molar-refractivity contribution is -0.137. The minimum Gasteiger partial charge on any atom is -0.267 e. The molecule has 0 heterocycles. The molecule has 0 fully saturated rings. The molecule has 0 aliphatic heterocycles. The highest BCUT2D eigenvalue weighted by atomic mass is 35.5. The summed E-state index contributed by atoms with van der Waals surface area (Å²) in [6, 6.07) is 74.4. The van der Waals surface area contributed by atoms with Gasteiger partial charge in [0.1, 0.15) is 0 Å². The van der Waals surface area contributed by atoms with Crippen LogP contribution in [0.2, 0.25) is 25.1 Å². The van der Waals surface area contributed by atoms with Crippen molar-refractivity contribution in [1.82, 2.24) is 38.9 Å². The van der Waals surface area contributed by atoms with Crippen molar-refractivity contribution < 1.29 is 90.0 Å². The van der Waals surface area contributed by atoms with Gasteiger partial charge in [0.15, 0.2) is 0 Å². The molecule has 0 radical (unpaired) electrons. The van der Waals surface area contributed by atoms with Gasteiger partial charge in [-0.15, -0.1) is 17.7 Å². The molecule has 0 aliphatic carbocycles. The Labute approximate surface area is 860 Å². The number of amides is 9. The lowest BCUT2D eigenvalue weighted by atomic mass is 9.87. The topological polar surface area (TPSA) is 342 Å². The smallest absolute Gasteiger partial charge is 0.267 e. The molecule has 13 aromatic carbocycles. The number of rotatable bonds is 17. The molecule has 3 N–H and O–H groups in total. The Balaban J connectivity index is 0.000000198. The number of nitrogens with zero attached hydrogens (tertiary/aromatic N) is 5. The molecule has 37 heteroatoms. The number of sulfonamides is 4. The molecule has 13 rings (SSSR count). The second-order valence-electron chi connectivity index (χ2n) is 36.8. The summed E-state index contributed by atoms with van der Waals surface area (Å²) in [6.45, 7) is 29.5. The van der Waals surface area contributed by atoms with Crippen LogP contribution in [-0.2, 0) is 67.9 Å². The number of hydrogen-bond acceptors (Lipinski definition) is 17. The zero-order chi connectivity index (χ0) is 106. The van der Waals surface area contributed by atoms with Gasteiger partial charge in [-0.25, -0.2) is 16.3 Å². The molecule has 0 spiro atoms. The molecule has 0 aliphatic rings. The van der Waals surface area contributed by atoms with Gasteiger partial charge in [0.25, 0.3) is 93.3 Å². The zero-order valence-electron chi connectivity index (χ0n) is 80.4. The lowest BCUT2D eigenvalue weighted by Gasteiger charge is -2.32. The zero-order valence-corrected chi connectivity index (χ0v) is 87.4. The average molecular weight is 2130 g/mol. The van der Waals surface area contributed by atoms with Crippen LogP contribution in [0.25, 0.3) is 0 Å². The second kappa shape index (κ2) is 45.9. The van der Waals surface area contributed by atoms with Gasteiger partial charge in [-0.2, -0.15) is 51.9 Å². The maximum absolute atomic E-state index is 14.3. The van der Waals surface area contributed by atoms with E-state index in [9.17, 15) is 90.0 Å². The van der Waals surface area contributed by atoms with Crippen LogP contribution >= 0.6 is 58.0 Å². The first-order chi connectivity index (χ1) is 67.1. The summed E-state index contributed by atoms with van der Waals surface area (Å²) < 4.78 is 149. The van der Waals surface area contributed by atoms with Gasteiger partial charge in [0.2, 0.25) is 0 Å². The number of halogens is 8. The summed E-state index contributed by atoms with van der Waals surface area (Å²) >= 11 is 29.6. The molecule has 0 unspecified atom stereocenters. The summed E-state index contributed by atoms with van der Waals surface area (Å²) in [5.74, 6) is -8.52. The molecule has 9 amide bonds. The van der Waals surface area contributed by atoms with Gasteiger partial charge in [0.05, 0.1) is 25.1 Å². The van der Waals surface area contributed by atoms with Gasteiger partial charge in [-0.3, -0.25) is 43.2 Å². The third-order valence-electron chi connectivity index (χ3n) is 21.8. The summed E-state index contributed by atoms with van der Waals surface area (Å²) in [7, 11) is -18.4. The Morgan fingerprint density at radius 1 is 0.222 bits per heavy atom. The predicted octanol–water partition coefficient (Wildman–Crippen LogP) is 23.4. The van der Waals surface area contributed by atoms with E-state index >= 15 is 0 Å². The number of carbonyl (C=O) groups excluding carboxylic acids is 9. The number of hydrazine groups is 4. The highest BCUT2D eigenvalue weighted by Crippen LogP contribution is 2.35. The monoisotopic (exact) mass is 2130 g/mol. The number of aryl methyl sites for hydroxylation is 3. The van der Waals surface area contributed by atoms with E-state index in [4.69, 9.17) is 58.0 Å². The Morgan fingerprint density at radius 2 is 0.389 bits per heavy atom. The van der Waals surface area contributed by atoms with Crippen LogP contribution in [0.3, 0.4) is 0 Å². The third kappa shape index (κ3) is 28.5. The van der Waals surface area contributed by atoms with Crippen LogP contribution in [0, 0.1) is 20.8 Å². The maximum atomic E-state index is 14.3. The minimum absolute atomic E-state index is 0.00345. The van der Waals surface area contributed by atoms with Crippen molar-refractivity contribution in [2.75, 3.05) is 0 Å². The Kier molecular flexibility index (Phi) is 35.8. The highest BCUT2D eigenvalue weighted by Gasteiger charge is 2.44. The van der Waals surface area contributed by atoms with Crippen molar-refractivity contribution in [3.8, 4) is 0 Å². The van der Waals surface area contributed by atoms with Crippen molar-refractivity contribution in [1.29, 1.82) is 0 Å². The van der Waals surface area contributed by atoms with Gasteiger partial charge in [0, 0.05) is 75.2 Å². The fourth-order valence-electron chi connectivity index (χ4n) is 13.2. The average Bonchev–Trinajstić information content (AvgIpc) is 0.752. The Hall–Kier alpha value is -13.7. The van der Waals surface area contributed by atoms with Crippen LogP contribution < -0.4 is 16.3 Å². The van der Waals surface area contributed by atoms with Crippen LogP contribution in [0.4, 0.5) is 13.2 Å². The van der Waals surface area contributed by atoms with Crippen molar-refractivity contribution in [2.24, 2.45) is 0 Å². The number of benzene rings is 13. The van der Waals surface area contributed by atoms with E-state index in [0.717, 1.165) is 38.9 Å². The molecule has 750 valence electrons. The van der Waals surface area contributed by atoms with Crippen molar-refractivity contribution in [2.45, 2.75) is 151 Å². The van der Waals surface area contributed by atoms with Crippen LogP contribution in [-0.4, -0.2) is 110 Å². The van der Waals surface area contributed by atoms with Crippen LogP contribution in [0.5, 0.6) is 0 Å². The van der Waals surface area contributed by atoms with E-state index in [1.807, 2.05) is 102 Å². The third-order valence-corrected chi connectivity index (χ3v) is 29.5. The van der Waals surface area contributed by atoms with Crippen molar-refractivity contribution in [3.63, 3.8) is 0 Å². The molecule has 25 nitrogen and oxygen atoms in total. The fourth-order valence-corrected chi connectivity index (χ4v) is 18.9. The molecular weight excluding hydrogens is 2030 g/mol. The minimum atomic E-state index is -4.83. The fraction of sp³-hybridized carbons (Fsp3) is 0.187. The van der Waals surface area contributed by atoms with Gasteiger partial charge in [-0.1, -0.05) is 243 Å². The second-order valence-corrected chi connectivity index (χ2v) is 46.1. The van der Waals surface area contributed by atoms with E-state index in [0.29, 0.717) is 63.2 Å². The lowest BCUT2D eigenvalue weighted by Crippen LogP contribution is -2.55. The normalized spacial score (nSPS) is 11.8. The summed E-state index contributed by atoms with van der Waals surface area (Å²) in [5.41, 5.74) is 11.3. The van der Waals surface area contributed by atoms with Gasteiger partial charge in [-0.05, 0) is 295 Å². The molecule has 0 saturated carbocycles. The summed E-state index contributed by atoms with van der Waals surface area (Å²) in [4.78, 5) is 119. The van der Waals surface area contributed by atoms with Crippen molar-refractivity contribution in [3.05, 3.63) is 435 Å². The number of nitrogens with one attached hydrogen (secondary N) is 3. The Morgan fingerprint density at radius 3 is 0.597 bits per heavy atom. The summed E-state index contributed by atoms with van der Waals surface area (Å²) in [6.07, 6.45) is -4.68. The van der Waals surface area contributed by atoms with Crippen LogP contribution in [0.15, 0.2) is 335 Å². The maximum Gasteiger partial charge on any atom is 0.416 e. The van der Waals surface area contributed by atoms with E-state index < -0.39 is 110 Å². The van der Waals surface area contributed by atoms with E-state index in [2.05, 4.69) is 10.9 Å². The molecule has 0 bridgehead atoms. The standard InChI is InChI=1S/C32H28Cl2N2O5S.C28H31ClN2O4S.C25H25ClN2O4S.C22H16ClF3N2O4S/c1-21-5-7-22(8-6-21)29(37)35(30(38)23-9-15-26(33)16-10-23)36(31(39)24-11-17-27(34)18-12-24)42(40,41)28-19-13-25(14-20-28)32(2,3)4;1-27(2,3)21-11-7-20(8-12-21)26(33)31(30-25(32)19-9-15-23(29)16-10-19)36(34,35)24-17-13-22(14-18-24)28(4,5)6;1-17-5-7-19(8-6-17)24(30)28(27-23(29)18-9-13-21(26)14-10-18)33(31,32)22-15-11-20(12-16-22)25(2,3)4;1-14-2-4-16(5-3-14)21(30)28(27-20(29)15-6-10-18(23)11-7-15)33(31,32)19-12-8-17(9-13-19)22(24,25)26/h5-20H,1-4H3;7-18H,1-6H3,(H,30,32);5-16H,1-4H3,(H,27,29);2-13H,1H3,(H,27,29). The largest absolute Gasteiger partial charge is 0.416 e. The van der Waals surface area contributed by atoms with Crippen molar-refractivity contribution >= 4 is 151 Å². The van der Waals surface area contributed by atoms with E-state index in [1.54, 1.807) is 104 Å². The predicted molar refractivity (Wildman–Crippen MR) is 549 cm³/mol. The van der Waals surface area contributed by atoms with E-state index in [1.165, 1.54) is 194 Å². The molecule has 0 aromatic heterocycles. The van der Waals surface area contributed by atoms with Crippen LogP contribution in [0.1, 0.15) is 221 Å². The number of hydrogen-bond donors (Lipinski definition) is 3. The number of alkyl halides is 3. The molecule has 13 aromatic rings. The molecule has 0 saturated heterocycles. The molecular formula is C107H100Cl5F3N8O17S4. The number of imide groups is 1. The Bertz CT molecular complexity index is 7130. The van der Waals surface area contributed by atoms with Gasteiger partial charge < -0.3 is 0 Å². The first kappa shape index (κ1) is 112.